The van der Waals surface area contributed by atoms with E-state index >= 15 is 0 Å². The molecular weight excluding hydrogens is 190 g/mol. The third-order valence-electron chi connectivity index (χ3n) is 3.77. The second-order valence-electron chi connectivity index (χ2n) is 4.17. The van der Waals surface area contributed by atoms with Crippen LogP contribution in [0.3, 0.4) is 0 Å². The SMILES string of the molecule is CCCC(N)(CC)C(CC)(CC)O[SiH3]. The highest BCUT2D eigenvalue weighted by Gasteiger charge is 2.44. The Hall–Kier alpha value is 0.137. The molecular formula is C11H27NOSi. The first-order valence-electron chi connectivity index (χ1n) is 5.89. The maximum atomic E-state index is 6.52. The Kier molecular flexibility index (Phi) is 5.94. The smallest absolute Gasteiger partial charge is 0.146 e. The lowest BCUT2D eigenvalue weighted by atomic mass is 9.72. The Morgan fingerprint density at radius 2 is 1.57 bits per heavy atom. The summed E-state index contributed by atoms with van der Waals surface area (Å²) in [7, 11) is 0.778. The summed E-state index contributed by atoms with van der Waals surface area (Å²) in [6.45, 7) is 8.75. The minimum absolute atomic E-state index is 0.0794. The zero-order chi connectivity index (χ0) is 11.2. The minimum atomic E-state index is -0.132. The summed E-state index contributed by atoms with van der Waals surface area (Å²) in [5.74, 6) is 0. The molecule has 0 rings (SSSR count). The average Bonchev–Trinajstić information content (AvgIpc) is 2.21. The van der Waals surface area contributed by atoms with E-state index < -0.39 is 0 Å². The molecule has 14 heavy (non-hydrogen) atoms. The van der Waals surface area contributed by atoms with Crippen molar-refractivity contribution in [1.82, 2.24) is 0 Å². The van der Waals surface area contributed by atoms with Gasteiger partial charge < -0.3 is 10.2 Å². The van der Waals surface area contributed by atoms with Crippen LogP contribution >= 0.6 is 0 Å². The second-order valence-corrected chi connectivity index (χ2v) is 4.57. The van der Waals surface area contributed by atoms with Crippen molar-refractivity contribution >= 4 is 10.5 Å². The molecule has 0 saturated heterocycles. The summed E-state index contributed by atoms with van der Waals surface area (Å²) in [4.78, 5) is 0. The van der Waals surface area contributed by atoms with Crippen molar-refractivity contribution in [3.8, 4) is 0 Å². The predicted octanol–water partition coefficient (Wildman–Crippen LogP) is 1.75. The molecule has 2 nitrogen and oxygen atoms in total. The summed E-state index contributed by atoms with van der Waals surface area (Å²) in [6.07, 6.45) is 5.25. The Morgan fingerprint density at radius 1 is 1.07 bits per heavy atom. The third-order valence-corrected chi connectivity index (χ3v) is 4.55. The van der Waals surface area contributed by atoms with Gasteiger partial charge in [0.25, 0.3) is 0 Å². The zero-order valence-electron chi connectivity index (χ0n) is 10.5. The molecule has 3 heteroatoms. The molecule has 0 spiro atoms. The predicted molar refractivity (Wildman–Crippen MR) is 66.5 cm³/mol. The lowest BCUT2D eigenvalue weighted by Crippen LogP contribution is -2.60. The van der Waals surface area contributed by atoms with Crippen molar-refractivity contribution < 1.29 is 4.43 Å². The van der Waals surface area contributed by atoms with E-state index in [1.807, 2.05) is 0 Å². The third kappa shape index (κ3) is 2.38. The van der Waals surface area contributed by atoms with Crippen molar-refractivity contribution in [2.45, 2.75) is 70.9 Å². The van der Waals surface area contributed by atoms with Gasteiger partial charge in [-0.05, 0) is 25.7 Å². The molecule has 0 heterocycles. The summed E-state index contributed by atoms with van der Waals surface area (Å²) >= 11 is 0. The number of nitrogens with two attached hydrogens (primary N) is 1. The van der Waals surface area contributed by atoms with Gasteiger partial charge in [0.15, 0.2) is 0 Å². The Bertz CT molecular complexity index is 151. The molecule has 0 aliphatic carbocycles. The van der Waals surface area contributed by atoms with E-state index in [-0.39, 0.29) is 11.1 Å². The monoisotopic (exact) mass is 217 g/mol. The van der Waals surface area contributed by atoms with Crippen molar-refractivity contribution in [3.63, 3.8) is 0 Å². The molecule has 0 fully saturated rings. The van der Waals surface area contributed by atoms with Gasteiger partial charge in [-0.1, -0.05) is 34.1 Å². The lowest BCUT2D eigenvalue weighted by molar-refractivity contribution is -0.0189. The number of hydrogen-bond acceptors (Lipinski definition) is 2. The van der Waals surface area contributed by atoms with E-state index in [1.165, 1.54) is 0 Å². The fraction of sp³-hybridized carbons (Fsp3) is 1.00. The molecule has 0 radical (unpaired) electrons. The van der Waals surface area contributed by atoms with Gasteiger partial charge in [0.1, 0.15) is 10.5 Å². The lowest BCUT2D eigenvalue weighted by Gasteiger charge is -2.47. The molecule has 0 aromatic heterocycles. The van der Waals surface area contributed by atoms with Crippen LogP contribution in [0.2, 0.25) is 0 Å². The van der Waals surface area contributed by atoms with Gasteiger partial charge in [0.05, 0.1) is 5.60 Å². The van der Waals surface area contributed by atoms with Crippen LogP contribution in [0.15, 0.2) is 0 Å². The first kappa shape index (κ1) is 14.1. The van der Waals surface area contributed by atoms with Crippen molar-refractivity contribution in [3.05, 3.63) is 0 Å². The highest BCUT2D eigenvalue weighted by Crippen LogP contribution is 2.36. The zero-order valence-corrected chi connectivity index (χ0v) is 12.5. The van der Waals surface area contributed by atoms with Gasteiger partial charge in [-0.25, -0.2) is 0 Å². The van der Waals surface area contributed by atoms with E-state index in [0.717, 1.165) is 42.6 Å². The first-order chi connectivity index (χ1) is 6.55. The fourth-order valence-corrected chi connectivity index (χ4v) is 3.60. The highest BCUT2D eigenvalue weighted by atomic mass is 28.2. The van der Waals surface area contributed by atoms with Crippen LogP contribution < -0.4 is 5.73 Å². The van der Waals surface area contributed by atoms with Crippen molar-refractivity contribution in [2.24, 2.45) is 5.73 Å². The van der Waals surface area contributed by atoms with Gasteiger partial charge in [-0.15, -0.1) is 0 Å². The molecule has 0 aromatic carbocycles. The Morgan fingerprint density at radius 3 is 1.79 bits per heavy atom. The van der Waals surface area contributed by atoms with Gasteiger partial charge in [0, 0.05) is 5.54 Å². The number of rotatable bonds is 7. The summed E-state index contributed by atoms with van der Waals surface area (Å²) < 4.78 is 5.86. The molecule has 1 atom stereocenters. The molecule has 0 aliphatic heterocycles. The fourth-order valence-electron chi connectivity index (χ4n) is 2.62. The largest absolute Gasteiger partial charge is 0.421 e. The van der Waals surface area contributed by atoms with E-state index in [1.54, 1.807) is 0 Å². The second kappa shape index (κ2) is 5.88. The van der Waals surface area contributed by atoms with E-state index in [4.69, 9.17) is 10.2 Å². The first-order valence-corrected chi connectivity index (χ1v) is 6.71. The minimum Gasteiger partial charge on any atom is -0.421 e. The van der Waals surface area contributed by atoms with Crippen LogP contribution in [0, 0.1) is 0 Å². The maximum absolute atomic E-state index is 6.52. The Balaban J connectivity index is 4.90. The maximum Gasteiger partial charge on any atom is 0.146 e. The van der Waals surface area contributed by atoms with Gasteiger partial charge in [0.2, 0.25) is 0 Å². The molecule has 0 bridgehead atoms. The van der Waals surface area contributed by atoms with E-state index in [0.29, 0.717) is 0 Å². The summed E-state index contributed by atoms with van der Waals surface area (Å²) in [5, 5.41) is 0. The Labute approximate surface area is 92.1 Å². The van der Waals surface area contributed by atoms with Gasteiger partial charge >= 0.3 is 0 Å². The van der Waals surface area contributed by atoms with Crippen molar-refractivity contribution in [1.29, 1.82) is 0 Å². The molecule has 0 amide bonds. The number of hydrogen-bond donors (Lipinski definition) is 1. The molecule has 2 N–H and O–H groups in total. The van der Waals surface area contributed by atoms with Crippen LogP contribution in [0.1, 0.15) is 59.8 Å². The molecule has 86 valence electrons. The van der Waals surface area contributed by atoms with Crippen LogP contribution in [-0.4, -0.2) is 21.6 Å². The van der Waals surface area contributed by atoms with Crippen molar-refractivity contribution in [2.75, 3.05) is 0 Å². The normalized spacial score (nSPS) is 16.9. The molecule has 0 aromatic rings. The van der Waals surface area contributed by atoms with E-state index in [2.05, 4.69) is 27.7 Å². The molecule has 1 unspecified atom stereocenters. The van der Waals surface area contributed by atoms with Gasteiger partial charge in [-0.2, -0.15) is 0 Å². The van der Waals surface area contributed by atoms with E-state index in [9.17, 15) is 0 Å². The van der Waals surface area contributed by atoms with Gasteiger partial charge in [-0.3, -0.25) is 0 Å². The van der Waals surface area contributed by atoms with Crippen LogP contribution in [-0.2, 0) is 4.43 Å². The highest BCUT2D eigenvalue weighted by molar-refractivity contribution is 5.98. The van der Waals surface area contributed by atoms with Crippen LogP contribution in [0.5, 0.6) is 0 Å². The summed E-state index contributed by atoms with van der Waals surface area (Å²) in [6, 6.07) is 0. The quantitative estimate of drug-likeness (QED) is 0.660. The standard InChI is InChI=1S/C11H27NOSi/c1-5-9-10(12,6-2)11(7-3,8-4)13-14/h5-9,12H2,1-4,14H3. The summed E-state index contributed by atoms with van der Waals surface area (Å²) in [5.41, 5.74) is 6.30. The molecule has 0 aliphatic rings. The topological polar surface area (TPSA) is 35.2 Å². The van der Waals surface area contributed by atoms with Crippen LogP contribution in [0.4, 0.5) is 0 Å². The van der Waals surface area contributed by atoms with Crippen LogP contribution in [0.25, 0.3) is 0 Å². The average molecular weight is 217 g/mol. The molecule has 0 saturated carbocycles.